The van der Waals surface area contributed by atoms with E-state index in [2.05, 4.69) is 10.6 Å². The number of nitrogens with zero attached hydrogens (tertiary/aromatic N) is 2. The molecule has 43 heavy (non-hydrogen) atoms. The first-order valence-electron chi connectivity index (χ1n) is 14.5. The molecule has 9 nitrogen and oxygen atoms in total. The van der Waals surface area contributed by atoms with E-state index < -0.39 is 22.2 Å². The van der Waals surface area contributed by atoms with E-state index in [0.29, 0.717) is 30.8 Å². The molecule has 0 fully saturated rings. The van der Waals surface area contributed by atoms with Gasteiger partial charge in [0.25, 0.3) is 15.9 Å². The minimum Gasteiger partial charge on any atom is -0.497 e. The van der Waals surface area contributed by atoms with Gasteiger partial charge in [0.1, 0.15) is 5.75 Å². The van der Waals surface area contributed by atoms with E-state index in [4.69, 9.17) is 4.74 Å². The van der Waals surface area contributed by atoms with Crippen LogP contribution in [0.15, 0.2) is 78.3 Å². The highest BCUT2D eigenvalue weighted by molar-refractivity contribution is 7.95. The van der Waals surface area contributed by atoms with E-state index in [1.165, 1.54) is 9.71 Å². The summed E-state index contributed by atoms with van der Waals surface area (Å²) in [5, 5.41) is 19.6. The maximum absolute atomic E-state index is 13.8. The molecule has 0 unspecified atom stereocenters. The Hall–Kier alpha value is -4.12. The summed E-state index contributed by atoms with van der Waals surface area (Å²) in [6, 6.07) is 20.2. The zero-order valence-electron chi connectivity index (χ0n) is 24.7. The fourth-order valence-electron chi connectivity index (χ4n) is 5.56. The number of nitrogens with one attached hydrogen (secondary N) is 2. The molecule has 1 aliphatic rings. The van der Waals surface area contributed by atoms with Crippen LogP contribution in [0.5, 0.6) is 5.75 Å². The predicted molar refractivity (Wildman–Crippen MR) is 171 cm³/mol. The van der Waals surface area contributed by atoms with Crippen molar-refractivity contribution < 1.29 is 23.1 Å². The zero-order valence-corrected chi connectivity index (χ0v) is 25.5. The largest absolute Gasteiger partial charge is 0.497 e. The molecule has 5 rings (SSSR count). The molecule has 0 saturated heterocycles. The van der Waals surface area contributed by atoms with Crippen LogP contribution in [-0.2, 0) is 29.5 Å². The summed E-state index contributed by atoms with van der Waals surface area (Å²) < 4.78 is 34.8. The van der Waals surface area contributed by atoms with E-state index in [9.17, 15) is 18.3 Å². The fraction of sp³-hybridized carbons (Fsp3) is 0.303. The van der Waals surface area contributed by atoms with Crippen molar-refractivity contribution in [2.24, 2.45) is 0 Å². The molecule has 10 heteroatoms. The highest BCUT2D eigenvalue weighted by Crippen LogP contribution is 2.38. The Balaban J connectivity index is 1.42. The number of benzene rings is 3. The van der Waals surface area contributed by atoms with Crippen molar-refractivity contribution in [3.05, 3.63) is 101 Å². The molecule has 1 aromatic heterocycles. The Labute approximate surface area is 252 Å². The first-order chi connectivity index (χ1) is 20.7. The number of sulfonamides is 1. The summed E-state index contributed by atoms with van der Waals surface area (Å²) in [6.07, 6.45) is 3.05. The lowest BCUT2D eigenvalue weighted by molar-refractivity contribution is 0.0830. The van der Waals surface area contributed by atoms with Gasteiger partial charge < -0.3 is 25.0 Å². The molecule has 3 N–H and O–H groups in total. The maximum atomic E-state index is 13.8. The second-order valence-corrected chi connectivity index (χ2v) is 12.3. The number of aryl methyl sites for hydroxylation is 1. The van der Waals surface area contributed by atoms with Crippen LogP contribution in [0.25, 0.3) is 17.0 Å². The minimum absolute atomic E-state index is 0.220. The molecule has 4 aromatic rings. The third kappa shape index (κ3) is 6.61. The van der Waals surface area contributed by atoms with Crippen LogP contribution in [0.2, 0.25) is 0 Å². The first-order valence-corrected chi connectivity index (χ1v) is 16.0. The van der Waals surface area contributed by atoms with Gasteiger partial charge in [-0.25, -0.2) is 8.42 Å². The van der Waals surface area contributed by atoms with E-state index >= 15 is 0 Å². The second kappa shape index (κ2) is 13.0. The number of rotatable bonds is 12. The zero-order chi connectivity index (χ0) is 30.6. The second-order valence-electron chi connectivity index (χ2n) is 10.6. The van der Waals surface area contributed by atoms with Crippen LogP contribution in [0.3, 0.4) is 0 Å². The van der Waals surface area contributed by atoms with Gasteiger partial charge in [0.2, 0.25) is 0 Å². The Bertz CT molecular complexity index is 1730. The fourth-order valence-corrected chi connectivity index (χ4v) is 6.81. The quantitative estimate of drug-likeness (QED) is 0.223. The van der Waals surface area contributed by atoms with E-state index in [-0.39, 0.29) is 19.0 Å². The van der Waals surface area contributed by atoms with Crippen LogP contribution in [0, 0.1) is 0 Å². The SMILES string of the molecule is CCN1c2cc(C(=O)N[C@@H](Cc3ccccc3)[C@H](O)CNCc3cccc(OC)c3)cc3c2c(cn3CC)C=CS1(=O)=O. The molecule has 3 aromatic carbocycles. The highest BCUT2D eigenvalue weighted by atomic mass is 32.2. The summed E-state index contributed by atoms with van der Waals surface area (Å²) >= 11 is 0. The third-order valence-electron chi connectivity index (χ3n) is 7.77. The van der Waals surface area contributed by atoms with Crippen LogP contribution in [0.4, 0.5) is 5.69 Å². The number of hydrogen-bond donors (Lipinski definition) is 3. The maximum Gasteiger partial charge on any atom is 0.257 e. The van der Waals surface area contributed by atoms with Gasteiger partial charge >= 0.3 is 0 Å². The van der Waals surface area contributed by atoms with Crippen molar-refractivity contribution in [1.29, 1.82) is 0 Å². The summed E-state index contributed by atoms with van der Waals surface area (Å²) in [4.78, 5) is 13.8. The lowest BCUT2D eigenvalue weighted by atomic mass is 10.00. The standard InChI is InChI=1S/C33H38N4O5S/c1-4-36-22-25-14-15-43(40,41)37(5-2)30-19-26(18-29(36)32(25)30)33(39)35-28(17-23-10-7-6-8-11-23)31(38)21-34-20-24-12-9-13-27(16-24)42-3/h6-16,18-19,22,28,31,34,38H,4-5,17,20-21H2,1-3H3,(H,35,39)/t28-,31+/m0/s1. The Morgan fingerprint density at radius 1 is 1.00 bits per heavy atom. The third-order valence-corrected chi connectivity index (χ3v) is 9.32. The average molecular weight is 603 g/mol. The van der Waals surface area contributed by atoms with Crippen molar-refractivity contribution in [2.45, 2.75) is 45.5 Å². The number of aromatic nitrogens is 1. The lowest BCUT2D eigenvalue weighted by Crippen LogP contribution is -2.48. The van der Waals surface area contributed by atoms with Crippen molar-refractivity contribution in [3.63, 3.8) is 0 Å². The molecule has 0 spiro atoms. The number of methoxy groups -OCH3 is 1. The van der Waals surface area contributed by atoms with Crippen molar-refractivity contribution >= 4 is 38.6 Å². The van der Waals surface area contributed by atoms with Gasteiger partial charge in [-0.05, 0) is 61.7 Å². The number of hydrogen-bond acceptors (Lipinski definition) is 6. The molecule has 1 aliphatic heterocycles. The molecule has 226 valence electrons. The molecule has 0 radical (unpaired) electrons. The topological polar surface area (TPSA) is 113 Å². The van der Waals surface area contributed by atoms with Crippen molar-refractivity contribution in [3.8, 4) is 5.75 Å². The Morgan fingerprint density at radius 2 is 1.77 bits per heavy atom. The van der Waals surface area contributed by atoms with Crippen LogP contribution < -0.4 is 19.7 Å². The van der Waals surface area contributed by atoms with Gasteiger partial charge in [-0.3, -0.25) is 9.10 Å². The molecule has 2 atom stereocenters. The highest BCUT2D eigenvalue weighted by Gasteiger charge is 2.28. The Morgan fingerprint density at radius 3 is 2.49 bits per heavy atom. The van der Waals surface area contributed by atoms with Gasteiger partial charge in [-0.2, -0.15) is 0 Å². The molecule has 0 saturated carbocycles. The lowest BCUT2D eigenvalue weighted by Gasteiger charge is -2.26. The van der Waals surface area contributed by atoms with E-state index in [1.54, 1.807) is 32.2 Å². The monoisotopic (exact) mass is 602 g/mol. The summed E-state index contributed by atoms with van der Waals surface area (Å²) in [5.74, 6) is 0.370. The predicted octanol–water partition coefficient (Wildman–Crippen LogP) is 4.30. The van der Waals surface area contributed by atoms with Gasteiger partial charge in [0, 0.05) is 48.9 Å². The number of anilines is 1. The van der Waals surface area contributed by atoms with Gasteiger partial charge in [0.15, 0.2) is 0 Å². The summed E-state index contributed by atoms with van der Waals surface area (Å²) in [7, 11) is -2.09. The Kier molecular flexibility index (Phi) is 9.19. The molecular weight excluding hydrogens is 564 g/mol. The van der Waals surface area contributed by atoms with Crippen LogP contribution >= 0.6 is 0 Å². The molecular formula is C33H38N4O5S. The van der Waals surface area contributed by atoms with Crippen LogP contribution in [0.1, 0.15) is 40.9 Å². The molecule has 0 aliphatic carbocycles. The summed E-state index contributed by atoms with van der Waals surface area (Å²) in [5.41, 5.74) is 4.35. The number of aliphatic hydroxyl groups excluding tert-OH is 1. The van der Waals surface area contributed by atoms with E-state index in [1.807, 2.05) is 72.3 Å². The normalized spacial score (nSPS) is 15.2. The van der Waals surface area contributed by atoms with Crippen molar-refractivity contribution in [2.75, 3.05) is 24.5 Å². The summed E-state index contributed by atoms with van der Waals surface area (Å²) in [6.45, 7) is 5.42. The van der Waals surface area contributed by atoms with Gasteiger partial charge in [-0.1, -0.05) is 42.5 Å². The molecule has 1 amide bonds. The number of ether oxygens (including phenoxy) is 1. The first kappa shape index (κ1) is 30.3. The van der Waals surface area contributed by atoms with Crippen LogP contribution in [-0.4, -0.2) is 56.3 Å². The number of carbonyl (C=O) groups excluding carboxylic acids is 1. The van der Waals surface area contributed by atoms with Crippen molar-refractivity contribution in [1.82, 2.24) is 15.2 Å². The number of carbonyl (C=O) groups is 1. The molecule has 2 heterocycles. The van der Waals surface area contributed by atoms with Gasteiger partial charge in [-0.15, -0.1) is 0 Å². The minimum atomic E-state index is -3.72. The average Bonchev–Trinajstić information content (AvgIpc) is 3.33. The molecule has 0 bridgehead atoms. The van der Waals surface area contributed by atoms with E-state index in [0.717, 1.165) is 33.3 Å². The number of amides is 1. The number of aliphatic hydroxyl groups is 1. The smallest absolute Gasteiger partial charge is 0.257 e. The van der Waals surface area contributed by atoms with Gasteiger partial charge in [0.05, 0.1) is 35.9 Å².